The summed E-state index contributed by atoms with van der Waals surface area (Å²) in [5.74, 6) is 0. The minimum atomic E-state index is 0.431. The number of rotatable bonds is 4. The number of nitrogens with two attached hydrogens (primary N) is 1. The van der Waals surface area contributed by atoms with Crippen molar-refractivity contribution in [2.75, 3.05) is 17.7 Å². The van der Waals surface area contributed by atoms with E-state index in [0.717, 1.165) is 27.5 Å². The van der Waals surface area contributed by atoms with E-state index in [1.54, 1.807) is 6.92 Å². The molecule has 4 aromatic rings. The maximum atomic E-state index is 10.3. The van der Waals surface area contributed by atoms with Gasteiger partial charge in [0, 0.05) is 22.1 Å². The largest absolute Gasteiger partial charge is 0.468 e. The zero-order chi connectivity index (χ0) is 20.9. The van der Waals surface area contributed by atoms with Gasteiger partial charge in [0.1, 0.15) is 0 Å². The maximum absolute atomic E-state index is 10.3. The van der Waals surface area contributed by atoms with Gasteiger partial charge in [-0.25, -0.2) is 0 Å². The monoisotopic (exact) mass is 388 g/mol. The van der Waals surface area contributed by atoms with Gasteiger partial charge in [-0.3, -0.25) is 9.59 Å². The van der Waals surface area contributed by atoms with Gasteiger partial charge in [-0.1, -0.05) is 72.8 Å². The number of benzene rings is 4. The summed E-state index contributed by atoms with van der Waals surface area (Å²) in [4.78, 5) is 19.5. The topological polar surface area (TPSA) is 81.4 Å². The van der Waals surface area contributed by atoms with Crippen molar-refractivity contribution in [3.63, 3.8) is 0 Å². The van der Waals surface area contributed by atoms with E-state index >= 15 is 0 Å². The van der Waals surface area contributed by atoms with E-state index in [4.69, 9.17) is 5.73 Å². The minimum absolute atomic E-state index is 0.431. The number of anilines is 2. The molecule has 0 aliphatic carbocycles. The van der Waals surface area contributed by atoms with Gasteiger partial charge < -0.3 is 15.8 Å². The number of nitrogens with one attached hydrogen (secondary N) is 1. The molecule has 148 valence electrons. The van der Waals surface area contributed by atoms with Crippen LogP contribution in [0.5, 0.6) is 0 Å². The summed E-state index contributed by atoms with van der Waals surface area (Å²) < 4.78 is 4.15. The molecule has 0 fully saturated rings. The van der Waals surface area contributed by atoms with Crippen LogP contribution in [0.3, 0.4) is 0 Å². The predicted molar refractivity (Wildman–Crippen MR) is 120 cm³/mol. The van der Waals surface area contributed by atoms with E-state index in [0.29, 0.717) is 19.5 Å². The van der Waals surface area contributed by atoms with E-state index in [2.05, 4.69) is 22.2 Å². The van der Waals surface area contributed by atoms with Crippen molar-refractivity contribution < 1.29 is 14.3 Å². The summed E-state index contributed by atoms with van der Waals surface area (Å²) in [6.07, 6.45) is 0.696. The van der Waals surface area contributed by atoms with Gasteiger partial charge in [-0.2, -0.15) is 0 Å². The lowest BCUT2D eigenvalue weighted by Crippen LogP contribution is -1.93. The predicted octanol–water partition coefficient (Wildman–Crippen LogP) is 5.01. The minimum Gasteiger partial charge on any atom is -0.468 e. The molecule has 0 aromatic heterocycles. The molecule has 0 spiro atoms. The van der Waals surface area contributed by atoms with Gasteiger partial charge >= 0.3 is 0 Å². The van der Waals surface area contributed by atoms with Crippen molar-refractivity contribution in [3.8, 4) is 0 Å². The molecule has 0 bridgehead atoms. The lowest BCUT2D eigenvalue weighted by molar-refractivity contribution is -0.128. The normalized spacial score (nSPS) is 9.41. The third-order valence-corrected chi connectivity index (χ3v) is 4.06. The molecule has 0 aliphatic rings. The Labute approximate surface area is 170 Å². The summed E-state index contributed by atoms with van der Waals surface area (Å²) in [6.45, 7) is 2.66. The van der Waals surface area contributed by atoms with Gasteiger partial charge in [-0.05, 0) is 29.8 Å². The molecule has 0 saturated carbocycles. The van der Waals surface area contributed by atoms with Crippen LogP contribution in [0.25, 0.3) is 21.5 Å². The molecule has 0 saturated heterocycles. The molecular weight excluding hydrogens is 364 g/mol. The Hall–Kier alpha value is -3.86. The van der Waals surface area contributed by atoms with Crippen LogP contribution in [-0.4, -0.2) is 19.5 Å². The van der Waals surface area contributed by atoms with Crippen LogP contribution in [-0.2, 0) is 14.3 Å². The van der Waals surface area contributed by atoms with Crippen LogP contribution < -0.4 is 11.1 Å². The van der Waals surface area contributed by atoms with Crippen LogP contribution in [0.4, 0.5) is 11.4 Å². The van der Waals surface area contributed by atoms with E-state index < -0.39 is 0 Å². The van der Waals surface area contributed by atoms with Gasteiger partial charge in [0.2, 0.25) is 6.41 Å². The Balaban J connectivity index is 0.000000171. The molecule has 0 radical (unpaired) electrons. The van der Waals surface area contributed by atoms with Crippen LogP contribution in [0, 0.1) is 0 Å². The molecule has 4 rings (SSSR count). The molecule has 5 heteroatoms. The Morgan fingerprint density at radius 3 is 1.90 bits per heavy atom. The Morgan fingerprint density at radius 1 is 0.793 bits per heavy atom. The highest BCUT2D eigenvalue weighted by atomic mass is 16.5. The summed E-state index contributed by atoms with van der Waals surface area (Å²) in [7, 11) is 0. The smallest absolute Gasteiger partial charge is 0.293 e. The van der Waals surface area contributed by atoms with Crippen LogP contribution in [0.1, 0.15) is 6.92 Å². The highest BCUT2D eigenvalue weighted by Gasteiger charge is 1.97. The first-order valence-corrected chi connectivity index (χ1v) is 9.17. The highest BCUT2D eigenvalue weighted by Crippen LogP contribution is 2.22. The third kappa shape index (κ3) is 6.36. The number of hydrogen-bond acceptors (Lipinski definition) is 4. The van der Waals surface area contributed by atoms with Gasteiger partial charge in [0.05, 0.1) is 6.61 Å². The van der Waals surface area contributed by atoms with Crippen molar-refractivity contribution in [2.45, 2.75) is 6.92 Å². The van der Waals surface area contributed by atoms with Gasteiger partial charge in [-0.15, -0.1) is 0 Å². The Morgan fingerprint density at radius 2 is 1.34 bits per heavy atom. The van der Waals surface area contributed by atoms with Crippen molar-refractivity contribution in [2.24, 2.45) is 0 Å². The summed E-state index contributed by atoms with van der Waals surface area (Å²) in [5, 5.41) is 7.21. The SMILES string of the molecule is CCOC=O.Nc1cccc2ccccc12.O=CNc1cccc2ccccc12. The van der Waals surface area contributed by atoms with E-state index in [1.165, 1.54) is 5.39 Å². The second-order valence-electron chi connectivity index (χ2n) is 5.91. The molecule has 0 atom stereocenters. The first-order valence-electron chi connectivity index (χ1n) is 9.17. The number of amides is 1. The molecule has 0 heterocycles. The van der Waals surface area contributed by atoms with E-state index in [-0.39, 0.29) is 0 Å². The van der Waals surface area contributed by atoms with Crippen molar-refractivity contribution in [1.82, 2.24) is 0 Å². The first-order chi connectivity index (χ1) is 14.2. The second kappa shape index (κ2) is 11.8. The molecule has 3 N–H and O–H groups in total. The Kier molecular flexibility index (Phi) is 8.70. The van der Waals surface area contributed by atoms with Crippen LogP contribution in [0.2, 0.25) is 0 Å². The first kappa shape index (κ1) is 21.4. The fourth-order valence-corrected chi connectivity index (χ4v) is 2.73. The van der Waals surface area contributed by atoms with E-state index in [9.17, 15) is 9.59 Å². The molecule has 5 nitrogen and oxygen atoms in total. The van der Waals surface area contributed by atoms with Crippen molar-refractivity contribution >= 4 is 45.8 Å². The molecule has 4 aromatic carbocycles. The van der Waals surface area contributed by atoms with Crippen molar-refractivity contribution in [3.05, 3.63) is 84.9 Å². The molecule has 29 heavy (non-hydrogen) atoms. The number of carbonyl (C=O) groups excluding carboxylic acids is 2. The number of nitrogen functional groups attached to an aromatic ring is 1. The fourth-order valence-electron chi connectivity index (χ4n) is 2.73. The number of hydrogen-bond donors (Lipinski definition) is 2. The molecular formula is C24H24N2O3. The molecule has 0 unspecified atom stereocenters. The lowest BCUT2D eigenvalue weighted by atomic mass is 10.1. The standard InChI is InChI=1S/C11H9NO.C10H9N.C3H6O2/c13-8-12-11-7-3-5-9-4-1-2-6-10(9)11;11-10-7-3-5-8-4-1-2-6-9(8)10;1-2-5-3-4/h1-8H,(H,12,13);1-7H,11H2;3H,2H2,1H3. The molecule has 1 amide bonds. The van der Waals surface area contributed by atoms with Crippen LogP contribution in [0.15, 0.2) is 84.9 Å². The van der Waals surface area contributed by atoms with Crippen molar-refractivity contribution in [1.29, 1.82) is 0 Å². The lowest BCUT2D eigenvalue weighted by Gasteiger charge is -2.03. The van der Waals surface area contributed by atoms with Gasteiger partial charge in [0.15, 0.2) is 0 Å². The zero-order valence-corrected chi connectivity index (χ0v) is 16.2. The second-order valence-corrected chi connectivity index (χ2v) is 5.91. The maximum Gasteiger partial charge on any atom is 0.293 e. The summed E-state index contributed by atoms with van der Waals surface area (Å²) in [6, 6.07) is 27.8. The fraction of sp³-hybridized carbons (Fsp3) is 0.0833. The van der Waals surface area contributed by atoms with Gasteiger partial charge in [0.25, 0.3) is 6.47 Å². The summed E-state index contributed by atoms with van der Waals surface area (Å²) >= 11 is 0. The third-order valence-electron chi connectivity index (χ3n) is 4.06. The highest BCUT2D eigenvalue weighted by molar-refractivity contribution is 5.97. The van der Waals surface area contributed by atoms with Crippen LogP contribution >= 0.6 is 0 Å². The van der Waals surface area contributed by atoms with E-state index in [1.807, 2.05) is 72.8 Å². The summed E-state index contributed by atoms with van der Waals surface area (Å²) in [5.41, 5.74) is 7.46. The molecule has 0 aliphatic heterocycles. The number of ether oxygens (including phenoxy) is 1. The number of fused-ring (bicyclic) bond motifs is 2. The average Bonchev–Trinajstić information content (AvgIpc) is 2.76. The quantitative estimate of drug-likeness (QED) is 0.380. The zero-order valence-electron chi connectivity index (χ0n) is 16.2. The average molecular weight is 388 g/mol. The Bertz CT molecular complexity index is 1050. The number of carbonyl (C=O) groups is 2.